The minimum Gasteiger partial charge on any atom is -0.467 e. The van der Waals surface area contributed by atoms with Crippen LogP contribution in [0.4, 0.5) is 13.2 Å². The highest BCUT2D eigenvalue weighted by Gasteiger charge is 2.27. The largest absolute Gasteiger partial charge is 0.467 e. The summed E-state index contributed by atoms with van der Waals surface area (Å²) in [7, 11) is 0. The molecule has 0 amide bonds. The molecule has 0 saturated heterocycles. The minimum atomic E-state index is -4.37. The second-order valence-corrected chi connectivity index (χ2v) is 3.94. The van der Waals surface area contributed by atoms with Gasteiger partial charge in [0, 0.05) is 5.56 Å². The average molecular weight is 264 g/mol. The smallest absolute Gasteiger partial charge is 0.411 e. The molecular formula is C12H15F3O3. The van der Waals surface area contributed by atoms with Crippen LogP contribution in [0.3, 0.4) is 0 Å². The van der Waals surface area contributed by atoms with Gasteiger partial charge in [0.05, 0.1) is 6.10 Å². The van der Waals surface area contributed by atoms with Crippen molar-refractivity contribution in [2.75, 3.05) is 13.4 Å². The molecule has 0 fully saturated rings. The van der Waals surface area contributed by atoms with E-state index in [1.165, 1.54) is 0 Å². The number of rotatable bonds is 5. The summed E-state index contributed by atoms with van der Waals surface area (Å²) in [4.78, 5) is 0. The summed E-state index contributed by atoms with van der Waals surface area (Å²) in [6.07, 6.45) is -5.13. The quantitative estimate of drug-likeness (QED) is 0.656. The van der Waals surface area contributed by atoms with Gasteiger partial charge in [0.15, 0.2) is 6.79 Å². The zero-order chi connectivity index (χ0) is 13.8. The second-order valence-electron chi connectivity index (χ2n) is 3.94. The summed E-state index contributed by atoms with van der Waals surface area (Å²) in [6, 6.07) is 5.04. The molecule has 1 rings (SSSR count). The molecule has 0 aliphatic rings. The van der Waals surface area contributed by atoms with E-state index in [9.17, 15) is 18.3 Å². The lowest BCUT2D eigenvalue weighted by molar-refractivity contribution is -0.186. The van der Waals surface area contributed by atoms with Gasteiger partial charge in [-0.1, -0.05) is 11.6 Å². The number of halogens is 3. The fourth-order valence-electron chi connectivity index (χ4n) is 1.39. The maximum Gasteiger partial charge on any atom is 0.411 e. The van der Waals surface area contributed by atoms with Gasteiger partial charge in [-0.3, -0.25) is 0 Å². The molecule has 0 saturated carbocycles. The SMILES string of the molecule is Cc1ccc(OCOCC(F)(F)F)c(C(C)O)c1. The zero-order valence-corrected chi connectivity index (χ0v) is 10.1. The van der Waals surface area contributed by atoms with Gasteiger partial charge in [0.2, 0.25) is 0 Å². The zero-order valence-electron chi connectivity index (χ0n) is 10.1. The maximum atomic E-state index is 11.8. The number of benzene rings is 1. The first kappa shape index (κ1) is 14.8. The second kappa shape index (κ2) is 6.06. The number of hydrogen-bond donors (Lipinski definition) is 1. The van der Waals surface area contributed by atoms with E-state index in [4.69, 9.17) is 4.74 Å². The van der Waals surface area contributed by atoms with E-state index in [-0.39, 0.29) is 0 Å². The number of aliphatic hydroxyl groups is 1. The van der Waals surface area contributed by atoms with E-state index >= 15 is 0 Å². The Balaban J connectivity index is 2.57. The molecule has 0 aliphatic carbocycles. The molecule has 0 aliphatic heterocycles. The molecule has 1 aromatic rings. The first-order chi connectivity index (χ1) is 8.29. The van der Waals surface area contributed by atoms with Crippen molar-refractivity contribution in [1.82, 2.24) is 0 Å². The van der Waals surface area contributed by atoms with Gasteiger partial charge in [0.1, 0.15) is 12.4 Å². The van der Waals surface area contributed by atoms with Gasteiger partial charge in [-0.25, -0.2) is 0 Å². The van der Waals surface area contributed by atoms with Crippen molar-refractivity contribution < 1.29 is 27.8 Å². The Morgan fingerprint density at radius 3 is 2.56 bits per heavy atom. The number of aryl methyl sites for hydroxylation is 1. The normalized spacial score (nSPS) is 13.4. The summed E-state index contributed by atoms with van der Waals surface area (Å²) in [6.45, 7) is 1.53. The number of alkyl halides is 3. The molecule has 0 radical (unpaired) electrons. The van der Waals surface area contributed by atoms with Gasteiger partial charge in [-0.2, -0.15) is 13.2 Å². The molecule has 102 valence electrons. The van der Waals surface area contributed by atoms with Crippen LogP contribution in [-0.2, 0) is 4.74 Å². The Kier molecular flexibility index (Phi) is 4.98. The van der Waals surface area contributed by atoms with Gasteiger partial charge in [-0.05, 0) is 26.0 Å². The monoisotopic (exact) mass is 264 g/mol. The molecule has 0 aromatic heterocycles. The number of aliphatic hydroxyl groups excluding tert-OH is 1. The van der Waals surface area contributed by atoms with Crippen molar-refractivity contribution in [2.45, 2.75) is 26.1 Å². The van der Waals surface area contributed by atoms with Crippen LogP contribution in [0.2, 0.25) is 0 Å². The van der Waals surface area contributed by atoms with Crippen molar-refractivity contribution in [1.29, 1.82) is 0 Å². The third kappa shape index (κ3) is 4.93. The van der Waals surface area contributed by atoms with Crippen molar-refractivity contribution in [3.8, 4) is 5.75 Å². The molecule has 18 heavy (non-hydrogen) atoms. The van der Waals surface area contributed by atoms with E-state index < -0.39 is 25.7 Å². The first-order valence-electron chi connectivity index (χ1n) is 5.35. The summed E-state index contributed by atoms with van der Waals surface area (Å²) in [5, 5.41) is 9.51. The molecule has 6 heteroatoms. The van der Waals surface area contributed by atoms with Crippen molar-refractivity contribution in [2.24, 2.45) is 0 Å². The van der Waals surface area contributed by atoms with Crippen LogP contribution in [0, 0.1) is 6.92 Å². The van der Waals surface area contributed by atoms with Crippen molar-refractivity contribution >= 4 is 0 Å². The Labute approximate surface area is 103 Å². The Bertz CT molecular complexity index is 389. The van der Waals surface area contributed by atoms with Crippen molar-refractivity contribution in [3.63, 3.8) is 0 Å². The number of hydrogen-bond acceptors (Lipinski definition) is 3. The van der Waals surface area contributed by atoms with Crippen LogP contribution in [0.15, 0.2) is 18.2 Å². The van der Waals surface area contributed by atoms with Crippen LogP contribution in [0.5, 0.6) is 5.75 Å². The third-order valence-corrected chi connectivity index (χ3v) is 2.18. The molecule has 0 bridgehead atoms. The molecule has 3 nitrogen and oxygen atoms in total. The van der Waals surface area contributed by atoms with Gasteiger partial charge in [-0.15, -0.1) is 0 Å². The fourth-order valence-corrected chi connectivity index (χ4v) is 1.39. The van der Waals surface area contributed by atoms with Crippen LogP contribution in [-0.4, -0.2) is 24.7 Å². The Morgan fingerprint density at radius 1 is 1.33 bits per heavy atom. The number of ether oxygens (including phenoxy) is 2. The van der Waals surface area contributed by atoms with Crippen molar-refractivity contribution in [3.05, 3.63) is 29.3 Å². The molecule has 1 aromatic carbocycles. The standard InChI is InChI=1S/C12H15F3O3/c1-8-3-4-11(10(5-8)9(2)16)18-7-17-6-12(13,14)15/h3-5,9,16H,6-7H2,1-2H3. The lowest BCUT2D eigenvalue weighted by Crippen LogP contribution is -2.19. The van der Waals surface area contributed by atoms with E-state index in [0.29, 0.717) is 11.3 Å². The van der Waals surface area contributed by atoms with E-state index in [1.807, 2.05) is 6.92 Å². The maximum absolute atomic E-state index is 11.8. The Morgan fingerprint density at radius 2 is 2.00 bits per heavy atom. The topological polar surface area (TPSA) is 38.7 Å². The highest BCUT2D eigenvalue weighted by molar-refractivity contribution is 5.38. The molecular weight excluding hydrogens is 249 g/mol. The first-order valence-corrected chi connectivity index (χ1v) is 5.35. The summed E-state index contributed by atoms with van der Waals surface area (Å²) >= 11 is 0. The molecule has 0 heterocycles. The lowest BCUT2D eigenvalue weighted by Gasteiger charge is -2.14. The minimum absolute atomic E-state index is 0.317. The van der Waals surface area contributed by atoms with Crippen LogP contribution in [0.25, 0.3) is 0 Å². The predicted octanol–water partition coefficient (Wildman–Crippen LogP) is 2.96. The van der Waals surface area contributed by atoms with E-state index in [1.54, 1.807) is 25.1 Å². The molecule has 0 spiro atoms. The van der Waals surface area contributed by atoms with Gasteiger partial charge < -0.3 is 14.6 Å². The summed E-state index contributed by atoms with van der Waals surface area (Å²) < 4.78 is 44.9. The fraction of sp³-hybridized carbons (Fsp3) is 0.500. The van der Waals surface area contributed by atoms with E-state index in [0.717, 1.165) is 5.56 Å². The van der Waals surface area contributed by atoms with Gasteiger partial charge in [0.25, 0.3) is 0 Å². The van der Waals surface area contributed by atoms with Crippen LogP contribution < -0.4 is 4.74 Å². The highest BCUT2D eigenvalue weighted by atomic mass is 19.4. The molecule has 1 atom stereocenters. The summed E-state index contributed by atoms with van der Waals surface area (Å²) in [5.74, 6) is 0.317. The molecule has 1 N–H and O–H groups in total. The van der Waals surface area contributed by atoms with Crippen LogP contribution in [0.1, 0.15) is 24.2 Å². The average Bonchev–Trinajstić information content (AvgIpc) is 2.24. The third-order valence-electron chi connectivity index (χ3n) is 2.18. The van der Waals surface area contributed by atoms with Crippen LogP contribution >= 0.6 is 0 Å². The van der Waals surface area contributed by atoms with E-state index in [2.05, 4.69) is 4.74 Å². The highest BCUT2D eigenvalue weighted by Crippen LogP contribution is 2.26. The Hall–Kier alpha value is -1.27. The predicted molar refractivity (Wildman–Crippen MR) is 59.3 cm³/mol. The lowest BCUT2D eigenvalue weighted by atomic mass is 10.1. The van der Waals surface area contributed by atoms with Gasteiger partial charge >= 0.3 is 6.18 Å². The summed E-state index contributed by atoms with van der Waals surface area (Å²) in [5.41, 5.74) is 1.44. The molecule has 1 unspecified atom stereocenters.